The molecule has 1 aliphatic rings. The maximum absolute atomic E-state index is 13.3. The number of rotatable bonds is 12. The first kappa shape index (κ1) is 28.1. The molecule has 0 fully saturated rings. The molecule has 202 valence electrons. The average Bonchev–Trinajstić information content (AvgIpc) is 2.88. The van der Waals surface area contributed by atoms with E-state index in [-0.39, 0.29) is 37.7 Å². The Labute approximate surface area is 218 Å². The first-order valence-electron chi connectivity index (χ1n) is 12.2. The average molecular weight is 534 g/mol. The van der Waals surface area contributed by atoms with Crippen LogP contribution in [0.5, 0.6) is 17.2 Å². The van der Waals surface area contributed by atoms with Gasteiger partial charge in [0.1, 0.15) is 25.0 Å². The predicted molar refractivity (Wildman–Crippen MR) is 141 cm³/mol. The molecule has 0 aromatic heterocycles. The second-order valence-electron chi connectivity index (χ2n) is 8.71. The summed E-state index contributed by atoms with van der Waals surface area (Å²) in [5, 5.41) is 2.76. The van der Waals surface area contributed by atoms with Gasteiger partial charge in [0.2, 0.25) is 21.8 Å². The van der Waals surface area contributed by atoms with E-state index in [0.717, 1.165) is 11.8 Å². The summed E-state index contributed by atoms with van der Waals surface area (Å²) in [6, 6.07) is 11.6. The van der Waals surface area contributed by atoms with E-state index in [1.165, 1.54) is 9.21 Å². The van der Waals surface area contributed by atoms with Crippen LogP contribution in [0.4, 0.5) is 5.69 Å². The largest absolute Gasteiger partial charge is 0.497 e. The molecule has 11 heteroatoms. The highest BCUT2D eigenvalue weighted by molar-refractivity contribution is 7.92. The number of ether oxygens (including phenoxy) is 3. The van der Waals surface area contributed by atoms with Crippen LogP contribution in [-0.4, -0.2) is 70.8 Å². The van der Waals surface area contributed by atoms with Gasteiger partial charge in [0.05, 0.1) is 19.1 Å². The number of nitrogens with one attached hydrogen (secondary N) is 1. The summed E-state index contributed by atoms with van der Waals surface area (Å²) in [7, 11) is -2.04. The molecular weight excluding hydrogens is 498 g/mol. The van der Waals surface area contributed by atoms with Crippen molar-refractivity contribution in [3.63, 3.8) is 0 Å². The number of nitrogens with zero attached hydrogens (tertiary/aromatic N) is 2. The topological polar surface area (TPSA) is 114 Å². The highest BCUT2D eigenvalue weighted by atomic mass is 32.2. The Morgan fingerprint density at radius 2 is 1.76 bits per heavy atom. The van der Waals surface area contributed by atoms with Gasteiger partial charge in [-0.2, -0.15) is 0 Å². The monoisotopic (exact) mass is 533 g/mol. The minimum Gasteiger partial charge on any atom is -0.497 e. The number of carbonyl (C=O) groups is 2. The molecule has 0 bridgehead atoms. The summed E-state index contributed by atoms with van der Waals surface area (Å²) in [5.41, 5.74) is 1.28. The molecule has 1 heterocycles. The lowest BCUT2D eigenvalue weighted by Gasteiger charge is -2.29. The van der Waals surface area contributed by atoms with E-state index in [1.54, 1.807) is 44.4 Å². The van der Waals surface area contributed by atoms with E-state index in [0.29, 0.717) is 42.7 Å². The molecule has 0 radical (unpaired) electrons. The van der Waals surface area contributed by atoms with Crippen LogP contribution in [0.15, 0.2) is 42.5 Å². The molecule has 10 nitrogen and oxygen atoms in total. The number of anilines is 1. The minimum absolute atomic E-state index is 0.0659. The van der Waals surface area contributed by atoms with E-state index in [9.17, 15) is 18.0 Å². The van der Waals surface area contributed by atoms with Crippen LogP contribution < -0.4 is 23.8 Å². The number of hydrogen-bond acceptors (Lipinski definition) is 7. The molecule has 1 atom stereocenters. The van der Waals surface area contributed by atoms with Gasteiger partial charge >= 0.3 is 0 Å². The fourth-order valence-electron chi connectivity index (χ4n) is 4.02. The van der Waals surface area contributed by atoms with Crippen molar-refractivity contribution >= 4 is 27.5 Å². The Balaban J connectivity index is 1.72. The predicted octanol–water partition coefficient (Wildman–Crippen LogP) is 2.57. The number of hydrogen-bond donors (Lipinski definition) is 1. The summed E-state index contributed by atoms with van der Waals surface area (Å²) < 4.78 is 42.7. The molecule has 2 aromatic carbocycles. The molecule has 0 aliphatic carbocycles. The number of methoxy groups -OCH3 is 1. The van der Waals surface area contributed by atoms with Crippen LogP contribution >= 0.6 is 0 Å². The lowest BCUT2D eigenvalue weighted by molar-refractivity contribution is -0.140. The number of benzene rings is 2. The van der Waals surface area contributed by atoms with Crippen molar-refractivity contribution in [3.05, 3.63) is 48.0 Å². The van der Waals surface area contributed by atoms with Gasteiger partial charge < -0.3 is 24.4 Å². The molecule has 3 rings (SSSR count). The highest BCUT2D eigenvalue weighted by Crippen LogP contribution is 2.34. The van der Waals surface area contributed by atoms with Crippen molar-refractivity contribution in [2.75, 3.05) is 44.0 Å². The van der Waals surface area contributed by atoms with Crippen LogP contribution in [0.2, 0.25) is 0 Å². The van der Waals surface area contributed by atoms with Crippen LogP contribution in [-0.2, 0) is 26.2 Å². The van der Waals surface area contributed by atoms with Gasteiger partial charge in [-0.05, 0) is 50.1 Å². The van der Waals surface area contributed by atoms with Crippen LogP contribution in [0.25, 0.3) is 0 Å². The van der Waals surface area contributed by atoms with Crippen molar-refractivity contribution in [1.82, 2.24) is 10.2 Å². The second-order valence-corrected chi connectivity index (χ2v) is 10.6. The number of sulfonamides is 1. The smallest absolute Gasteiger partial charge is 0.242 e. The fraction of sp³-hybridized carbons (Fsp3) is 0.462. The van der Waals surface area contributed by atoms with Crippen LogP contribution in [0.3, 0.4) is 0 Å². The first-order chi connectivity index (χ1) is 17.6. The zero-order chi connectivity index (χ0) is 27.0. The van der Waals surface area contributed by atoms with E-state index in [2.05, 4.69) is 5.32 Å². The van der Waals surface area contributed by atoms with Gasteiger partial charge in [0, 0.05) is 32.1 Å². The Bertz CT molecular complexity index is 1190. The lowest BCUT2D eigenvalue weighted by atomic mass is 10.1. The van der Waals surface area contributed by atoms with Crippen LogP contribution in [0.1, 0.15) is 32.3 Å². The van der Waals surface area contributed by atoms with Gasteiger partial charge in [0.25, 0.3) is 0 Å². The normalized spacial score (nSPS) is 13.4. The van der Waals surface area contributed by atoms with Crippen LogP contribution in [0, 0.1) is 0 Å². The highest BCUT2D eigenvalue weighted by Gasteiger charge is 2.27. The molecule has 1 N–H and O–H groups in total. The van der Waals surface area contributed by atoms with E-state index in [1.807, 2.05) is 19.1 Å². The van der Waals surface area contributed by atoms with Gasteiger partial charge in [-0.1, -0.05) is 12.1 Å². The summed E-state index contributed by atoms with van der Waals surface area (Å²) in [4.78, 5) is 27.4. The van der Waals surface area contributed by atoms with Gasteiger partial charge in [-0.3, -0.25) is 13.9 Å². The third kappa shape index (κ3) is 7.51. The molecule has 2 aromatic rings. The molecule has 1 aliphatic heterocycles. The molecule has 0 saturated heterocycles. The minimum atomic E-state index is -3.62. The molecule has 37 heavy (non-hydrogen) atoms. The van der Waals surface area contributed by atoms with Crippen molar-refractivity contribution in [2.24, 2.45) is 0 Å². The van der Waals surface area contributed by atoms with Crippen molar-refractivity contribution < 1.29 is 32.2 Å². The number of fused-ring (bicyclic) bond motifs is 1. The lowest BCUT2D eigenvalue weighted by Crippen LogP contribution is -2.47. The summed E-state index contributed by atoms with van der Waals surface area (Å²) in [5.74, 6) is 1.24. The van der Waals surface area contributed by atoms with Gasteiger partial charge in [0.15, 0.2) is 11.5 Å². The summed E-state index contributed by atoms with van der Waals surface area (Å²) in [6.07, 6.45) is 1.46. The molecular formula is C26H35N3O7S. The maximum atomic E-state index is 13.3. The third-order valence-electron chi connectivity index (χ3n) is 6.00. The Kier molecular flexibility index (Phi) is 9.62. The summed E-state index contributed by atoms with van der Waals surface area (Å²) >= 11 is 0. The zero-order valence-electron chi connectivity index (χ0n) is 21.7. The summed E-state index contributed by atoms with van der Waals surface area (Å²) in [6.45, 7) is 5.10. The van der Waals surface area contributed by atoms with E-state index in [4.69, 9.17) is 14.2 Å². The van der Waals surface area contributed by atoms with Crippen molar-refractivity contribution in [3.8, 4) is 17.2 Å². The zero-order valence-corrected chi connectivity index (χ0v) is 22.5. The SMILES string of the molecule is CCNC(=O)[C@@H](C)N(Cc1ccc(OC)cc1)C(=O)CCCN(c1ccc2c(c1)OCCO2)S(C)(=O)=O. The number of likely N-dealkylation sites (N-methyl/N-ethyl adjacent to an activating group) is 1. The van der Waals surface area contributed by atoms with Crippen molar-refractivity contribution in [1.29, 1.82) is 0 Å². The quantitative estimate of drug-likeness (QED) is 0.446. The Hall–Kier alpha value is -3.47. The molecule has 0 spiro atoms. The first-order valence-corrected chi connectivity index (χ1v) is 14.1. The van der Waals surface area contributed by atoms with E-state index >= 15 is 0 Å². The Morgan fingerprint density at radius 1 is 1.08 bits per heavy atom. The fourth-order valence-corrected chi connectivity index (χ4v) is 4.98. The molecule has 0 unspecified atom stereocenters. The number of carbonyl (C=O) groups excluding carboxylic acids is 2. The molecule has 2 amide bonds. The molecule has 0 saturated carbocycles. The Morgan fingerprint density at radius 3 is 2.38 bits per heavy atom. The van der Waals surface area contributed by atoms with Crippen molar-refractivity contribution in [2.45, 2.75) is 39.3 Å². The number of amides is 2. The third-order valence-corrected chi connectivity index (χ3v) is 7.19. The second kappa shape index (κ2) is 12.7. The standard InChI is InChI=1S/C26H35N3O7S/c1-5-27-26(31)19(2)28(18-20-8-11-22(34-3)12-9-20)25(30)7-6-14-29(37(4,32)33)21-10-13-23-24(17-21)36-16-15-35-23/h8-13,17,19H,5-7,14-16,18H2,1-4H3,(H,27,31)/t19-/m1/s1. The van der Waals surface area contributed by atoms with Gasteiger partial charge in [-0.15, -0.1) is 0 Å². The maximum Gasteiger partial charge on any atom is 0.242 e. The van der Waals surface area contributed by atoms with Gasteiger partial charge in [-0.25, -0.2) is 8.42 Å². The van der Waals surface area contributed by atoms with E-state index < -0.39 is 16.1 Å².